The molecule has 1 aromatic heterocycles. The molecular weight excluding hydrogens is 441 g/mol. The first-order chi connectivity index (χ1) is 10.2. The molecule has 1 unspecified atom stereocenters. The van der Waals surface area contributed by atoms with E-state index < -0.39 is 0 Å². The third-order valence-electron chi connectivity index (χ3n) is 3.43. The van der Waals surface area contributed by atoms with E-state index in [4.69, 9.17) is 5.84 Å². The SMILES string of the molecule is NNC(c1cc(I)ccc1Br)c1cccc2ncccc12. The van der Waals surface area contributed by atoms with Gasteiger partial charge in [-0.25, -0.2) is 5.43 Å². The predicted molar refractivity (Wildman–Crippen MR) is 97.8 cm³/mol. The number of nitrogens with two attached hydrogens (primary N) is 1. The van der Waals surface area contributed by atoms with Gasteiger partial charge in [-0.05, 0) is 64.0 Å². The van der Waals surface area contributed by atoms with Crippen LogP contribution in [0.5, 0.6) is 0 Å². The molecule has 0 saturated heterocycles. The third-order valence-corrected chi connectivity index (χ3v) is 4.82. The number of rotatable bonds is 3. The maximum Gasteiger partial charge on any atom is 0.0727 e. The summed E-state index contributed by atoms with van der Waals surface area (Å²) in [5, 5.41) is 1.11. The van der Waals surface area contributed by atoms with Gasteiger partial charge in [-0.2, -0.15) is 0 Å². The minimum absolute atomic E-state index is 0.0954. The van der Waals surface area contributed by atoms with Gasteiger partial charge in [0, 0.05) is 19.6 Å². The molecule has 0 bridgehead atoms. The van der Waals surface area contributed by atoms with Crippen LogP contribution in [0.2, 0.25) is 0 Å². The van der Waals surface area contributed by atoms with E-state index in [0.717, 1.165) is 26.5 Å². The molecule has 3 rings (SSSR count). The summed E-state index contributed by atoms with van der Waals surface area (Å²) >= 11 is 5.93. The van der Waals surface area contributed by atoms with E-state index in [1.165, 1.54) is 3.57 Å². The average molecular weight is 454 g/mol. The standard InChI is InChI=1S/C16H13BrIN3/c17-14-7-6-10(18)9-13(14)16(21-19)12-3-1-5-15-11(12)4-2-8-20-15/h1-9,16,21H,19H2. The van der Waals surface area contributed by atoms with Crippen LogP contribution in [0, 0.1) is 3.57 Å². The molecule has 21 heavy (non-hydrogen) atoms. The zero-order valence-corrected chi connectivity index (χ0v) is 14.8. The van der Waals surface area contributed by atoms with E-state index in [0.29, 0.717) is 0 Å². The average Bonchev–Trinajstić information content (AvgIpc) is 2.51. The highest BCUT2D eigenvalue weighted by atomic mass is 127. The number of hydrogen-bond acceptors (Lipinski definition) is 3. The molecule has 1 atom stereocenters. The number of aromatic nitrogens is 1. The van der Waals surface area contributed by atoms with Gasteiger partial charge in [0.05, 0.1) is 11.6 Å². The zero-order valence-electron chi connectivity index (χ0n) is 11.1. The number of nitrogens with one attached hydrogen (secondary N) is 1. The first kappa shape index (κ1) is 14.9. The zero-order chi connectivity index (χ0) is 14.8. The van der Waals surface area contributed by atoms with Crippen LogP contribution in [-0.4, -0.2) is 4.98 Å². The first-order valence-electron chi connectivity index (χ1n) is 6.45. The van der Waals surface area contributed by atoms with Gasteiger partial charge in [-0.1, -0.05) is 34.1 Å². The maximum absolute atomic E-state index is 5.85. The van der Waals surface area contributed by atoms with E-state index in [1.54, 1.807) is 6.20 Å². The molecule has 3 aromatic rings. The van der Waals surface area contributed by atoms with Gasteiger partial charge in [0.1, 0.15) is 0 Å². The Bertz CT molecular complexity index is 786. The van der Waals surface area contributed by atoms with Gasteiger partial charge in [0.25, 0.3) is 0 Å². The quantitative estimate of drug-likeness (QED) is 0.355. The fourth-order valence-electron chi connectivity index (χ4n) is 2.46. The van der Waals surface area contributed by atoms with E-state index in [-0.39, 0.29) is 6.04 Å². The van der Waals surface area contributed by atoms with Crippen LogP contribution >= 0.6 is 38.5 Å². The molecule has 5 heteroatoms. The lowest BCUT2D eigenvalue weighted by Gasteiger charge is -2.20. The van der Waals surface area contributed by atoms with Crippen LogP contribution in [0.1, 0.15) is 17.2 Å². The Morgan fingerprint density at radius 3 is 2.76 bits per heavy atom. The number of hydrazine groups is 1. The van der Waals surface area contributed by atoms with Crippen LogP contribution in [0.25, 0.3) is 10.9 Å². The summed E-state index contributed by atoms with van der Waals surface area (Å²) in [4.78, 5) is 4.41. The molecule has 0 amide bonds. The summed E-state index contributed by atoms with van der Waals surface area (Å²) in [6.07, 6.45) is 1.80. The number of hydrogen-bond donors (Lipinski definition) is 2. The van der Waals surface area contributed by atoms with Crippen LogP contribution in [-0.2, 0) is 0 Å². The van der Waals surface area contributed by atoms with Crippen LogP contribution in [0.15, 0.2) is 59.2 Å². The molecule has 0 fully saturated rings. The summed E-state index contributed by atoms with van der Waals surface area (Å²) in [5.74, 6) is 5.85. The normalized spacial score (nSPS) is 12.5. The van der Waals surface area contributed by atoms with E-state index in [9.17, 15) is 0 Å². The van der Waals surface area contributed by atoms with Crippen LogP contribution in [0.3, 0.4) is 0 Å². The van der Waals surface area contributed by atoms with Crippen LogP contribution in [0.4, 0.5) is 0 Å². The molecular formula is C16H13BrIN3. The Morgan fingerprint density at radius 1 is 1.10 bits per heavy atom. The maximum atomic E-state index is 5.85. The van der Waals surface area contributed by atoms with Gasteiger partial charge in [0.2, 0.25) is 0 Å². The Balaban J connectivity index is 2.21. The Labute approximate surface area is 145 Å². The number of pyridine rings is 1. The van der Waals surface area contributed by atoms with E-state index in [2.05, 4.69) is 73.2 Å². The molecule has 0 aliphatic rings. The molecule has 106 valence electrons. The molecule has 0 saturated carbocycles. The fraction of sp³-hybridized carbons (Fsp3) is 0.0625. The van der Waals surface area contributed by atoms with Crippen molar-refractivity contribution in [3.63, 3.8) is 0 Å². The van der Waals surface area contributed by atoms with E-state index in [1.807, 2.05) is 24.3 Å². The van der Waals surface area contributed by atoms with Crippen molar-refractivity contribution in [3.8, 4) is 0 Å². The Morgan fingerprint density at radius 2 is 1.95 bits per heavy atom. The van der Waals surface area contributed by atoms with Crippen molar-refractivity contribution in [3.05, 3.63) is 73.9 Å². The molecule has 3 N–H and O–H groups in total. The molecule has 0 aliphatic carbocycles. The van der Waals surface area contributed by atoms with Gasteiger partial charge in [0.15, 0.2) is 0 Å². The molecule has 0 aliphatic heterocycles. The Kier molecular flexibility index (Phi) is 4.54. The summed E-state index contributed by atoms with van der Waals surface area (Å²) in [6.45, 7) is 0. The second-order valence-electron chi connectivity index (χ2n) is 4.68. The molecule has 0 spiro atoms. The van der Waals surface area contributed by atoms with Crippen molar-refractivity contribution in [2.24, 2.45) is 5.84 Å². The minimum atomic E-state index is -0.0954. The molecule has 0 radical (unpaired) electrons. The second kappa shape index (κ2) is 6.39. The first-order valence-corrected chi connectivity index (χ1v) is 8.32. The lowest BCUT2D eigenvalue weighted by Crippen LogP contribution is -2.29. The summed E-state index contributed by atoms with van der Waals surface area (Å²) in [6, 6.07) is 16.3. The van der Waals surface area contributed by atoms with Crippen molar-refractivity contribution >= 4 is 49.4 Å². The highest BCUT2D eigenvalue weighted by Gasteiger charge is 2.18. The van der Waals surface area contributed by atoms with Crippen molar-refractivity contribution < 1.29 is 0 Å². The van der Waals surface area contributed by atoms with Crippen molar-refractivity contribution in [2.45, 2.75) is 6.04 Å². The number of nitrogens with zero attached hydrogens (tertiary/aromatic N) is 1. The van der Waals surface area contributed by atoms with Crippen molar-refractivity contribution in [1.29, 1.82) is 0 Å². The topological polar surface area (TPSA) is 50.9 Å². The van der Waals surface area contributed by atoms with E-state index >= 15 is 0 Å². The highest BCUT2D eigenvalue weighted by Crippen LogP contribution is 2.32. The van der Waals surface area contributed by atoms with Gasteiger partial charge < -0.3 is 0 Å². The predicted octanol–water partition coefficient (Wildman–Crippen LogP) is 4.15. The van der Waals surface area contributed by atoms with Crippen molar-refractivity contribution in [2.75, 3.05) is 0 Å². The number of halogens is 2. The summed E-state index contributed by atoms with van der Waals surface area (Å²) < 4.78 is 2.20. The monoisotopic (exact) mass is 453 g/mol. The molecule has 2 aromatic carbocycles. The Hall–Kier alpha value is -1.02. The van der Waals surface area contributed by atoms with Gasteiger partial charge in [-0.15, -0.1) is 0 Å². The number of benzene rings is 2. The lowest BCUT2D eigenvalue weighted by atomic mass is 9.96. The third kappa shape index (κ3) is 2.96. The number of fused-ring (bicyclic) bond motifs is 1. The van der Waals surface area contributed by atoms with Gasteiger partial charge in [-0.3, -0.25) is 10.8 Å². The lowest BCUT2D eigenvalue weighted by molar-refractivity contribution is 0.638. The smallest absolute Gasteiger partial charge is 0.0727 e. The molecule has 3 nitrogen and oxygen atoms in total. The largest absolute Gasteiger partial charge is 0.271 e. The van der Waals surface area contributed by atoms with Gasteiger partial charge >= 0.3 is 0 Å². The minimum Gasteiger partial charge on any atom is -0.271 e. The fourth-order valence-corrected chi connectivity index (χ4v) is 3.45. The summed E-state index contributed by atoms with van der Waals surface area (Å²) in [5.41, 5.74) is 6.13. The second-order valence-corrected chi connectivity index (χ2v) is 6.78. The highest BCUT2D eigenvalue weighted by molar-refractivity contribution is 14.1. The molecule has 1 heterocycles. The summed E-state index contributed by atoms with van der Waals surface area (Å²) in [7, 11) is 0. The van der Waals surface area contributed by atoms with Crippen molar-refractivity contribution in [1.82, 2.24) is 10.4 Å². The van der Waals surface area contributed by atoms with Crippen LogP contribution < -0.4 is 11.3 Å².